The Kier molecular flexibility index (Phi) is 8.79. The molecule has 0 saturated carbocycles. The molecule has 4 nitrogen and oxygen atoms in total. The maximum absolute atomic E-state index is 13.5. The van der Waals surface area contributed by atoms with E-state index in [0.717, 1.165) is 16.7 Å². The zero-order chi connectivity index (χ0) is 24.0. The minimum Gasteiger partial charge on any atom is -0.350 e. The molecule has 3 aromatic carbocycles. The number of hydrogen-bond acceptors (Lipinski definition) is 2. The van der Waals surface area contributed by atoms with Crippen LogP contribution in [0.5, 0.6) is 0 Å². The fourth-order valence-electron chi connectivity index (χ4n) is 3.47. The van der Waals surface area contributed by atoms with Gasteiger partial charge in [0.05, 0.1) is 0 Å². The predicted molar refractivity (Wildman–Crippen MR) is 134 cm³/mol. The van der Waals surface area contributed by atoms with Crippen LogP contribution in [0.3, 0.4) is 0 Å². The van der Waals surface area contributed by atoms with Crippen molar-refractivity contribution in [3.63, 3.8) is 0 Å². The first-order chi connectivity index (χ1) is 15.8. The molecule has 0 radical (unpaired) electrons. The molecule has 0 spiro atoms. The number of carbonyl (C=O) groups is 2. The molecule has 1 atom stereocenters. The summed E-state index contributed by atoms with van der Waals surface area (Å²) in [7, 11) is 0. The average Bonchev–Trinajstić information content (AvgIpc) is 2.79. The van der Waals surface area contributed by atoms with E-state index in [9.17, 15) is 9.59 Å². The van der Waals surface area contributed by atoms with Gasteiger partial charge in [-0.1, -0.05) is 97.2 Å². The van der Waals surface area contributed by atoms with Gasteiger partial charge in [-0.15, -0.1) is 0 Å². The SMILES string of the molecule is CC(C)C(=O)N(Cc1ccc(Cl)cc1)[C@H](C(=O)NCc1ccc(Cl)cc1Cl)c1ccccc1. The number of benzene rings is 3. The minimum atomic E-state index is -0.817. The molecular formula is C26H25Cl3N2O2. The van der Waals surface area contributed by atoms with Crippen LogP contribution in [0, 0.1) is 5.92 Å². The minimum absolute atomic E-state index is 0.126. The Balaban J connectivity index is 1.94. The smallest absolute Gasteiger partial charge is 0.247 e. The zero-order valence-corrected chi connectivity index (χ0v) is 20.7. The van der Waals surface area contributed by atoms with Gasteiger partial charge in [0.15, 0.2) is 0 Å². The highest BCUT2D eigenvalue weighted by atomic mass is 35.5. The van der Waals surface area contributed by atoms with Crippen LogP contribution in [0.2, 0.25) is 15.1 Å². The third kappa shape index (κ3) is 6.73. The molecule has 0 bridgehead atoms. The monoisotopic (exact) mass is 502 g/mol. The lowest BCUT2D eigenvalue weighted by Crippen LogP contribution is -2.44. The highest BCUT2D eigenvalue weighted by molar-refractivity contribution is 6.35. The van der Waals surface area contributed by atoms with E-state index >= 15 is 0 Å². The Labute approximate surface area is 209 Å². The molecule has 7 heteroatoms. The quantitative estimate of drug-likeness (QED) is 0.372. The van der Waals surface area contributed by atoms with Crippen molar-refractivity contribution in [2.24, 2.45) is 5.92 Å². The maximum atomic E-state index is 13.5. The number of nitrogens with one attached hydrogen (secondary N) is 1. The number of halogens is 3. The van der Waals surface area contributed by atoms with Gasteiger partial charge >= 0.3 is 0 Å². The van der Waals surface area contributed by atoms with Crippen LogP contribution in [0.15, 0.2) is 72.8 Å². The van der Waals surface area contributed by atoms with Crippen LogP contribution in [0.1, 0.15) is 36.6 Å². The Bertz CT molecular complexity index is 1100. The second-order valence-corrected chi connectivity index (χ2v) is 9.29. The Morgan fingerprint density at radius 3 is 2.12 bits per heavy atom. The lowest BCUT2D eigenvalue weighted by molar-refractivity contribution is -0.144. The summed E-state index contributed by atoms with van der Waals surface area (Å²) < 4.78 is 0. The van der Waals surface area contributed by atoms with Gasteiger partial charge in [0.2, 0.25) is 11.8 Å². The summed E-state index contributed by atoms with van der Waals surface area (Å²) in [6, 6.07) is 20.8. The molecule has 0 fully saturated rings. The van der Waals surface area contributed by atoms with Crippen molar-refractivity contribution in [2.45, 2.75) is 33.0 Å². The molecule has 1 N–H and O–H groups in total. The summed E-state index contributed by atoms with van der Waals surface area (Å²) in [5, 5.41) is 4.54. The molecule has 2 amide bonds. The molecule has 0 heterocycles. The fourth-order valence-corrected chi connectivity index (χ4v) is 4.07. The Morgan fingerprint density at radius 2 is 1.52 bits per heavy atom. The van der Waals surface area contributed by atoms with Gasteiger partial charge in [0, 0.05) is 34.1 Å². The first-order valence-electron chi connectivity index (χ1n) is 10.6. The summed E-state index contributed by atoms with van der Waals surface area (Å²) in [6.07, 6.45) is 0. The van der Waals surface area contributed by atoms with Gasteiger partial charge < -0.3 is 10.2 Å². The largest absolute Gasteiger partial charge is 0.350 e. The van der Waals surface area contributed by atoms with Gasteiger partial charge in [-0.2, -0.15) is 0 Å². The zero-order valence-electron chi connectivity index (χ0n) is 18.4. The molecule has 0 aliphatic carbocycles. The number of carbonyl (C=O) groups excluding carboxylic acids is 2. The molecule has 0 aliphatic rings. The van der Waals surface area contributed by atoms with Crippen LogP contribution in [-0.4, -0.2) is 16.7 Å². The first kappa shape index (κ1) is 25.1. The molecule has 0 saturated heterocycles. The second kappa shape index (κ2) is 11.6. The topological polar surface area (TPSA) is 49.4 Å². The third-order valence-corrected chi connectivity index (χ3v) is 6.03. The molecule has 0 unspecified atom stereocenters. The summed E-state index contributed by atoms with van der Waals surface area (Å²) in [6.45, 7) is 4.13. The van der Waals surface area contributed by atoms with Gasteiger partial charge in [-0.05, 0) is 41.0 Å². The van der Waals surface area contributed by atoms with Crippen molar-refractivity contribution in [1.29, 1.82) is 0 Å². The summed E-state index contributed by atoms with van der Waals surface area (Å²) in [5.41, 5.74) is 2.34. The number of rotatable bonds is 8. The van der Waals surface area contributed by atoms with E-state index in [1.807, 2.05) is 56.3 Å². The predicted octanol–water partition coefficient (Wildman–Crippen LogP) is 6.69. The van der Waals surface area contributed by atoms with Crippen LogP contribution >= 0.6 is 34.8 Å². The van der Waals surface area contributed by atoms with E-state index in [2.05, 4.69) is 5.32 Å². The molecule has 172 valence electrons. The average molecular weight is 504 g/mol. The van der Waals surface area contributed by atoms with E-state index in [0.29, 0.717) is 15.1 Å². The van der Waals surface area contributed by atoms with Crippen LogP contribution in [-0.2, 0) is 22.7 Å². The van der Waals surface area contributed by atoms with Crippen molar-refractivity contribution in [3.8, 4) is 0 Å². The molecule has 3 rings (SSSR count). The van der Waals surface area contributed by atoms with Gasteiger partial charge in [0.25, 0.3) is 0 Å². The van der Waals surface area contributed by atoms with Crippen molar-refractivity contribution in [2.75, 3.05) is 0 Å². The maximum Gasteiger partial charge on any atom is 0.247 e. The molecular weight excluding hydrogens is 479 g/mol. The van der Waals surface area contributed by atoms with Gasteiger partial charge in [0.1, 0.15) is 6.04 Å². The number of amides is 2. The number of hydrogen-bond donors (Lipinski definition) is 1. The normalized spacial score (nSPS) is 11.8. The number of nitrogens with zero attached hydrogens (tertiary/aromatic N) is 1. The highest BCUT2D eigenvalue weighted by Crippen LogP contribution is 2.27. The van der Waals surface area contributed by atoms with E-state index in [-0.39, 0.29) is 30.8 Å². The van der Waals surface area contributed by atoms with E-state index in [4.69, 9.17) is 34.8 Å². The summed E-state index contributed by atoms with van der Waals surface area (Å²) >= 11 is 18.3. The fraction of sp³-hybridized carbons (Fsp3) is 0.231. The van der Waals surface area contributed by atoms with Crippen molar-refractivity contribution >= 4 is 46.6 Å². The van der Waals surface area contributed by atoms with Crippen molar-refractivity contribution < 1.29 is 9.59 Å². The molecule has 0 aliphatic heterocycles. The Morgan fingerprint density at radius 1 is 0.879 bits per heavy atom. The lowest BCUT2D eigenvalue weighted by atomic mass is 10.0. The van der Waals surface area contributed by atoms with Crippen molar-refractivity contribution in [3.05, 3.63) is 105 Å². The highest BCUT2D eigenvalue weighted by Gasteiger charge is 2.32. The first-order valence-corrected chi connectivity index (χ1v) is 11.7. The summed E-state index contributed by atoms with van der Waals surface area (Å²) in [4.78, 5) is 28.4. The second-order valence-electron chi connectivity index (χ2n) is 8.01. The third-order valence-electron chi connectivity index (χ3n) is 5.19. The van der Waals surface area contributed by atoms with Gasteiger partial charge in [-0.3, -0.25) is 9.59 Å². The molecule has 33 heavy (non-hydrogen) atoms. The van der Waals surface area contributed by atoms with E-state index < -0.39 is 6.04 Å². The van der Waals surface area contributed by atoms with E-state index in [1.165, 1.54) is 0 Å². The van der Waals surface area contributed by atoms with Crippen LogP contribution in [0.25, 0.3) is 0 Å². The van der Waals surface area contributed by atoms with Crippen molar-refractivity contribution in [1.82, 2.24) is 10.2 Å². The van der Waals surface area contributed by atoms with Crippen LogP contribution in [0.4, 0.5) is 0 Å². The lowest BCUT2D eigenvalue weighted by Gasteiger charge is -2.33. The standard InChI is InChI=1S/C26H25Cl3N2O2/c1-17(2)26(33)31(16-18-8-11-21(27)12-9-18)24(19-6-4-3-5-7-19)25(32)30-15-20-10-13-22(28)14-23(20)29/h3-14,17,24H,15-16H2,1-2H3,(H,30,32)/t24-/m0/s1. The Hall–Kier alpha value is -2.53. The molecule has 0 aromatic heterocycles. The van der Waals surface area contributed by atoms with Gasteiger partial charge in [-0.25, -0.2) is 0 Å². The van der Waals surface area contributed by atoms with E-state index in [1.54, 1.807) is 35.2 Å². The summed E-state index contributed by atoms with van der Waals surface area (Å²) in [5.74, 6) is -0.712. The molecule has 3 aromatic rings. The van der Waals surface area contributed by atoms with Crippen LogP contribution < -0.4 is 5.32 Å².